The van der Waals surface area contributed by atoms with Crippen molar-refractivity contribution in [3.63, 3.8) is 0 Å². The molecule has 6 heteroatoms. The molecule has 0 atom stereocenters. The van der Waals surface area contributed by atoms with E-state index in [2.05, 4.69) is 34.2 Å². The molecule has 4 nitrogen and oxygen atoms in total. The highest BCUT2D eigenvalue weighted by molar-refractivity contribution is 9.10. The molecular weight excluding hydrogens is 328 g/mol. The van der Waals surface area contributed by atoms with Crippen LogP contribution in [0.3, 0.4) is 0 Å². The van der Waals surface area contributed by atoms with Crippen molar-refractivity contribution in [3.8, 4) is 0 Å². The quantitative estimate of drug-likeness (QED) is 0.660. The van der Waals surface area contributed by atoms with Gasteiger partial charge in [-0.1, -0.05) is 18.2 Å². The van der Waals surface area contributed by atoms with Crippen molar-refractivity contribution in [2.75, 3.05) is 0 Å². The van der Waals surface area contributed by atoms with Crippen molar-refractivity contribution in [2.24, 2.45) is 0 Å². The van der Waals surface area contributed by atoms with Gasteiger partial charge in [-0.2, -0.15) is 0 Å². The molecule has 1 aromatic heterocycles. The van der Waals surface area contributed by atoms with Crippen molar-refractivity contribution in [2.45, 2.75) is 20.0 Å². The maximum atomic E-state index is 10.9. The van der Waals surface area contributed by atoms with Crippen LogP contribution in [0.25, 0.3) is 0 Å². The summed E-state index contributed by atoms with van der Waals surface area (Å²) in [5, 5.41) is 14.1. The van der Waals surface area contributed by atoms with Gasteiger partial charge in [-0.3, -0.25) is 10.1 Å². The fourth-order valence-electron chi connectivity index (χ4n) is 1.76. The molecule has 0 amide bonds. The number of aryl methyl sites for hydroxylation is 1. The number of benzene rings is 1. The molecule has 0 saturated heterocycles. The number of nitrogens with one attached hydrogen (secondary N) is 1. The Hall–Kier alpha value is -1.24. The number of halogens is 1. The van der Waals surface area contributed by atoms with Crippen LogP contribution in [0.15, 0.2) is 34.8 Å². The molecule has 0 aliphatic heterocycles. The number of thiophene rings is 1. The minimum absolute atomic E-state index is 0.165. The van der Waals surface area contributed by atoms with Gasteiger partial charge in [-0.05, 0) is 28.9 Å². The number of nitro groups is 1. The zero-order valence-electron chi connectivity index (χ0n) is 10.4. The molecule has 0 radical (unpaired) electrons. The molecule has 0 saturated carbocycles. The zero-order chi connectivity index (χ0) is 13.8. The van der Waals surface area contributed by atoms with Gasteiger partial charge in [0.05, 0.1) is 4.92 Å². The Kier molecular flexibility index (Phi) is 4.68. The number of para-hydroxylation sites is 1. The lowest BCUT2D eigenvalue weighted by atomic mass is 10.2. The second-order valence-corrected chi connectivity index (χ2v) is 6.30. The average molecular weight is 341 g/mol. The van der Waals surface area contributed by atoms with Crippen molar-refractivity contribution in [1.82, 2.24) is 5.32 Å². The standard InChI is InChI=1S/C13H13BrN2O2S/c1-9-12(14)6-11(19-9)8-15-7-10-4-2-3-5-13(10)16(17)18/h2-6,15H,7-8H2,1H3. The maximum Gasteiger partial charge on any atom is 0.273 e. The molecule has 0 aliphatic carbocycles. The van der Waals surface area contributed by atoms with Gasteiger partial charge < -0.3 is 5.32 Å². The van der Waals surface area contributed by atoms with E-state index in [0.29, 0.717) is 18.7 Å². The maximum absolute atomic E-state index is 10.9. The molecule has 2 rings (SSSR count). The van der Waals surface area contributed by atoms with Gasteiger partial charge in [0.15, 0.2) is 0 Å². The van der Waals surface area contributed by atoms with Gasteiger partial charge >= 0.3 is 0 Å². The lowest BCUT2D eigenvalue weighted by Gasteiger charge is -2.04. The van der Waals surface area contributed by atoms with E-state index in [4.69, 9.17) is 0 Å². The number of hydrogen-bond acceptors (Lipinski definition) is 4. The first-order valence-electron chi connectivity index (χ1n) is 5.75. The number of rotatable bonds is 5. The Labute approximate surface area is 123 Å². The summed E-state index contributed by atoms with van der Waals surface area (Å²) in [7, 11) is 0. The highest BCUT2D eigenvalue weighted by Gasteiger charge is 2.11. The van der Waals surface area contributed by atoms with Crippen molar-refractivity contribution < 1.29 is 4.92 Å². The lowest BCUT2D eigenvalue weighted by Crippen LogP contribution is -2.12. The predicted octanol–water partition coefficient (Wildman–Crippen LogP) is 4.02. The first-order valence-corrected chi connectivity index (χ1v) is 7.36. The van der Waals surface area contributed by atoms with Crippen LogP contribution in [-0.4, -0.2) is 4.92 Å². The number of hydrogen-bond donors (Lipinski definition) is 1. The third-order valence-corrected chi connectivity index (χ3v) is 4.85. The van der Waals surface area contributed by atoms with Crippen molar-refractivity contribution in [3.05, 3.63) is 60.2 Å². The van der Waals surface area contributed by atoms with Gasteiger partial charge in [-0.15, -0.1) is 11.3 Å². The van der Waals surface area contributed by atoms with Crippen LogP contribution < -0.4 is 5.32 Å². The topological polar surface area (TPSA) is 55.2 Å². The smallest absolute Gasteiger partial charge is 0.273 e. The number of nitrogens with zero attached hydrogens (tertiary/aromatic N) is 1. The van der Waals surface area contributed by atoms with Crippen LogP contribution in [0.5, 0.6) is 0 Å². The molecule has 0 bridgehead atoms. The summed E-state index contributed by atoms with van der Waals surface area (Å²) in [5.41, 5.74) is 0.874. The van der Waals surface area contributed by atoms with Crippen molar-refractivity contribution >= 4 is 33.0 Å². The van der Waals surface area contributed by atoms with E-state index in [1.54, 1.807) is 23.5 Å². The van der Waals surface area contributed by atoms with Crippen LogP contribution in [0.2, 0.25) is 0 Å². The van der Waals surface area contributed by atoms with Gasteiger partial charge in [-0.25, -0.2) is 0 Å². The summed E-state index contributed by atoms with van der Waals surface area (Å²) in [5.74, 6) is 0. The van der Waals surface area contributed by atoms with E-state index in [0.717, 1.165) is 4.47 Å². The average Bonchev–Trinajstić information content (AvgIpc) is 2.69. The summed E-state index contributed by atoms with van der Waals surface area (Å²) < 4.78 is 1.11. The van der Waals surface area contributed by atoms with Crippen LogP contribution in [0.1, 0.15) is 15.3 Å². The minimum Gasteiger partial charge on any atom is -0.308 e. The second-order valence-electron chi connectivity index (χ2n) is 4.11. The highest BCUT2D eigenvalue weighted by atomic mass is 79.9. The fourth-order valence-corrected chi connectivity index (χ4v) is 3.34. The van der Waals surface area contributed by atoms with Gasteiger partial charge in [0, 0.05) is 38.9 Å². The molecule has 2 aromatic rings. The molecular formula is C13H13BrN2O2S. The van der Waals surface area contributed by atoms with E-state index in [-0.39, 0.29) is 10.6 Å². The molecule has 1 N–H and O–H groups in total. The first kappa shape index (κ1) is 14.2. The minimum atomic E-state index is -0.344. The van der Waals surface area contributed by atoms with E-state index in [1.807, 2.05) is 6.07 Å². The molecule has 0 spiro atoms. The highest BCUT2D eigenvalue weighted by Crippen LogP contribution is 2.26. The Balaban J connectivity index is 1.98. The third kappa shape index (κ3) is 3.62. The summed E-state index contributed by atoms with van der Waals surface area (Å²) >= 11 is 5.19. The van der Waals surface area contributed by atoms with E-state index < -0.39 is 0 Å². The van der Waals surface area contributed by atoms with Gasteiger partial charge in [0.25, 0.3) is 5.69 Å². The Morgan fingerprint density at radius 2 is 2.11 bits per heavy atom. The second kappa shape index (κ2) is 6.27. The Morgan fingerprint density at radius 3 is 2.74 bits per heavy atom. The zero-order valence-corrected chi connectivity index (χ0v) is 12.8. The summed E-state index contributed by atoms with van der Waals surface area (Å²) in [6.07, 6.45) is 0. The molecule has 0 aliphatic rings. The largest absolute Gasteiger partial charge is 0.308 e. The molecule has 0 unspecified atom stereocenters. The molecule has 19 heavy (non-hydrogen) atoms. The Bertz CT molecular complexity index is 579. The van der Waals surface area contributed by atoms with Crippen molar-refractivity contribution in [1.29, 1.82) is 0 Å². The summed E-state index contributed by atoms with van der Waals surface area (Å²) in [6.45, 7) is 3.26. The third-order valence-electron chi connectivity index (χ3n) is 2.71. The van der Waals surface area contributed by atoms with E-state index in [9.17, 15) is 10.1 Å². The molecule has 1 heterocycles. The monoisotopic (exact) mass is 340 g/mol. The molecule has 0 fully saturated rings. The van der Waals surface area contributed by atoms with Crippen LogP contribution in [0, 0.1) is 17.0 Å². The SMILES string of the molecule is Cc1sc(CNCc2ccccc2[N+](=O)[O-])cc1Br. The van der Waals surface area contributed by atoms with Crippen LogP contribution in [-0.2, 0) is 13.1 Å². The molecule has 100 valence electrons. The van der Waals surface area contributed by atoms with E-state index >= 15 is 0 Å². The van der Waals surface area contributed by atoms with Gasteiger partial charge in [0.1, 0.15) is 0 Å². The predicted molar refractivity (Wildman–Crippen MR) is 80.4 cm³/mol. The summed E-state index contributed by atoms with van der Waals surface area (Å²) in [6, 6.07) is 8.88. The molecule has 1 aromatic carbocycles. The fraction of sp³-hybridized carbons (Fsp3) is 0.231. The lowest BCUT2D eigenvalue weighted by molar-refractivity contribution is -0.385. The van der Waals surface area contributed by atoms with Gasteiger partial charge in [0.2, 0.25) is 0 Å². The normalized spacial score (nSPS) is 10.6. The number of nitro benzene ring substituents is 1. The summed E-state index contributed by atoms with van der Waals surface area (Å²) in [4.78, 5) is 13.0. The Morgan fingerprint density at radius 1 is 1.37 bits per heavy atom. The van der Waals surface area contributed by atoms with Crippen LogP contribution in [0.4, 0.5) is 5.69 Å². The van der Waals surface area contributed by atoms with E-state index in [1.165, 1.54) is 15.8 Å². The van der Waals surface area contributed by atoms with Crippen LogP contribution >= 0.6 is 27.3 Å². The first-order chi connectivity index (χ1) is 9.08.